The Hall–Kier alpha value is -3.24. The van der Waals surface area contributed by atoms with Gasteiger partial charge in [0.15, 0.2) is 11.5 Å². The first kappa shape index (κ1) is 22.9. The molecule has 11 heteroatoms. The maximum absolute atomic E-state index is 13.4. The molecule has 0 atom stereocenters. The number of halogens is 2. The molecule has 0 aliphatic heterocycles. The lowest BCUT2D eigenvalue weighted by atomic mass is 10.1. The predicted octanol–water partition coefficient (Wildman–Crippen LogP) is 4.42. The van der Waals surface area contributed by atoms with E-state index in [0.717, 1.165) is 5.52 Å². The number of amides is 2. The van der Waals surface area contributed by atoms with Crippen LogP contribution in [0.2, 0.25) is 5.02 Å². The van der Waals surface area contributed by atoms with E-state index in [1.807, 2.05) is 33.8 Å². The second kappa shape index (κ2) is 8.60. The number of nitrogens with one attached hydrogen (secondary N) is 2. The van der Waals surface area contributed by atoms with Crippen LogP contribution in [0.15, 0.2) is 47.3 Å². The lowest BCUT2D eigenvalue weighted by Gasteiger charge is -2.22. The summed E-state index contributed by atoms with van der Waals surface area (Å²) in [6.07, 6.45) is 3.16. The largest absolute Gasteiger partial charge is 0.346 e. The van der Waals surface area contributed by atoms with E-state index in [2.05, 4.69) is 41.7 Å². The molecule has 0 unspecified atom stereocenters. The molecule has 4 rings (SSSR count). The minimum absolute atomic E-state index is 0.185. The van der Waals surface area contributed by atoms with Gasteiger partial charge in [-0.25, -0.2) is 14.2 Å². The zero-order valence-corrected chi connectivity index (χ0v) is 20.7. The number of fused-ring (bicyclic) bond motifs is 1. The highest BCUT2D eigenvalue weighted by Crippen LogP contribution is 2.26. The minimum atomic E-state index is -0.491. The molecule has 0 fully saturated rings. The third-order valence-electron chi connectivity index (χ3n) is 4.67. The summed E-state index contributed by atoms with van der Waals surface area (Å²) in [4.78, 5) is 30.9. The summed E-state index contributed by atoms with van der Waals surface area (Å²) < 4.78 is 3.28. The molecule has 170 valence electrons. The van der Waals surface area contributed by atoms with Gasteiger partial charge in [-0.3, -0.25) is 9.59 Å². The Morgan fingerprint density at radius 2 is 1.88 bits per heavy atom. The fourth-order valence-corrected chi connectivity index (χ4v) is 3.93. The Bertz CT molecular complexity index is 1390. The molecule has 0 bridgehead atoms. The fourth-order valence-electron chi connectivity index (χ4n) is 3.35. The van der Waals surface area contributed by atoms with Crippen LogP contribution >= 0.6 is 27.5 Å². The van der Waals surface area contributed by atoms with Crippen molar-refractivity contribution in [2.45, 2.75) is 33.2 Å². The molecule has 2 amide bonds. The average molecular weight is 531 g/mol. The Morgan fingerprint density at radius 1 is 1.12 bits per heavy atom. The zero-order valence-electron chi connectivity index (χ0n) is 18.3. The molecule has 4 heterocycles. The van der Waals surface area contributed by atoms with Gasteiger partial charge in [0.05, 0.1) is 22.4 Å². The van der Waals surface area contributed by atoms with E-state index in [9.17, 15) is 9.59 Å². The number of rotatable bonds is 4. The molecule has 0 radical (unpaired) electrons. The summed E-state index contributed by atoms with van der Waals surface area (Å²) in [5.41, 5.74) is 1.70. The van der Waals surface area contributed by atoms with Crippen molar-refractivity contribution >= 4 is 50.5 Å². The van der Waals surface area contributed by atoms with Crippen molar-refractivity contribution in [3.8, 4) is 5.82 Å². The zero-order chi connectivity index (χ0) is 23.9. The van der Waals surface area contributed by atoms with Crippen molar-refractivity contribution < 1.29 is 9.59 Å². The number of carbonyl (C=O) groups excluding carboxylic acids is 2. The van der Waals surface area contributed by atoms with E-state index in [4.69, 9.17) is 11.6 Å². The first-order valence-corrected chi connectivity index (χ1v) is 11.2. The van der Waals surface area contributed by atoms with E-state index in [-0.39, 0.29) is 17.3 Å². The van der Waals surface area contributed by atoms with Crippen LogP contribution in [0.25, 0.3) is 11.3 Å². The molecule has 9 nitrogen and oxygen atoms in total. The molecule has 0 spiro atoms. The van der Waals surface area contributed by atoms with Crippen molar-refractivity contribution in [3.05, 3.63) is 69.3 Å². The van der Waals surface area contributed by atoms with Gasteiger partial charge in [-0.1, -0.05) is 11.6 Å². The molecule has 0 aliphatic carbocycles. The average Bonchev–Trinajstić information content (AvgIpc) is 3.33. The van der Waals surface area contributed by atoms with Crippen LogP contribution in [0.3, 0.4) is 0 Å². The fraction of sp³-hybridized carbons (Fsp3) is 0.227. The summed E-state index contributed by atoms with van der Waals surface area (Å²) >= 11 is 9.59. The van der Waals surface area contributed by atoms with Gasteiger partial charge in [-0.15, -0.1) is 0 Å². The van der Waals surface area contributed by atoms with Crippen LogP contribution in [0.5, 0.6) is 0 Å². The van der Waals surface area contributed by atoms with Crippen molar-refractivity contribution in [1.29, 1.82) is 0 Å². The van der Waals surface area contributed by atoms with Crippen LogP contribution in [0, 0.1) is 6.92 Å². The minimum Gasteiger partial charge on any atom is -0.346 e. The second-order valence-electron chi connectivity index (χ2n) is 8.45. The predicted molar refractivity (Wildman–Crippen MR) is 129 cm³/mol. The Kier molecular flexibility index (Phi) is 5.98. The second-order valence-corrected chi connectivity index (χ2v) is 9.67. The summed E-state index contributed by atoms with van der Waals surface area (Å²) in [5, 5.41) is 14.7. The van der Waals surface area contributed by atoms with Crippen LogP contribution in [0.1, 0.15) is 47.3 Å². The van der Waals surface area contributed by atoms with E-state index < -0.39 is 11.4 Å². The van der Waals surface area contributed by atoms with Gasteiger partial charge in [0.1, 0.15) is 10.3 Å². The molecule has 0 aliphatic rings. The van der Waals surface area contributed by atoms with E-state index in [1.165, 1.54) is 9.20 Å². The number of anilines is 1. The van der Waals surface area contributed by atoms with Gasteiger partial charge in [0.25, 0.3) is 11.8 Å². The molecular formula is C22H21BrClN7O2. The standard InChI is InChI=1S/C22H21BrClN7O2/c1-12-10-13-7-9-26-30(13)18(21(33)28-22(2,3)4)17(12)27-20(32)15-11-16(23)29-31(15)19-14(24)6-5-8-25-19/h5-11H,1-4H3,(H,27,32)(H,28,33). The Labute approximate surface area is 203 Å². The van der Waals surface area contributed by atoms with E-state index in [0.29, 0.717) is 26.7 Å². The van der Waals surface area contributed by atoms with E-state index >= 15 is 0 Å². The van der Waals surface area contributed by atoms with E-state index in [1.54, 1.807) is 36.7 Å². The van der Waals surface area contributed by atoms with Gasteiger partial charge in [0.2, 0.25) is 0 Å². The highest BCUT2D eigenvalue weighted by molar-refractivity contribution is 9.10. The number of hydrogen-bond donors (Lipinski definition) is 2. The van der Waals surface area contributed by atoms with Gasteiger partial charge in [-0.2, -0.15) is 10.2 Å². The number of nitrogens with zero attached hydrogens (tertiary/aromatic N) is 5. The molecule has 0 saturated heterocycles. The highest BCUT2D eigenvalue weighted by Gasteiger charge is 2.26. The summed E-state index contributed by atoms with van der Waals surface area (Å²) in [6, 6.07) is 8.54. The van der Waals surface area contributed by atoms with Gasteiger partial charge in [0, 0.05) is 17.8 Å². The molecule has 0 aromatic carbocycles. The third kappa shape index (κ3) is 4.62. The number of aromatic nitrogens is 5. The van der Waals surface area contributed by atoms with Crippen molar-refractivity contribution in [2.75, 3.05) is 5.32 Å². The quantitative estimate of drug-likeness (QED) is 0.406. The van der Waals surface area contributed by atoms with Gasteiger partial charge in [-0.05, 0) is 73.5 Å². The highest BCUT2D eigenvalue weighted by atomic mass is 79.9. The first-order valence-electron chi connectivity index (χ1n) is 10.0. The lowest BCUT2D eigenvalue weighted by Crippen LogP contribution is -2.42. The van der Waals surface area contributed by atoms with Crippen molar-refractivity contribution in [2.24, 2.45) is 0 Å². The van der Waals surface area contributed by atoms with Crippen molar-refractivity contribution in [1.82, 2.24) is 29.7 Å². The number of carbonyl (C=O) groups is 2. The van der Waals surface area contributed by atoms with Crippen LogP contribution in [0.4, 0.5) is 5.69 Å². The van der Waals surface area contributed by atoms with Crippen LogP contribution in [-0.4, -0.2) is 41.7 Å². The maximum atomic E-state index is 13.4. The number of aryl methyl sites for hydroxylation is 1. The lowest BCUT2D eigenvalue weighted by molar-refractivity contribution is 0.0913. The number of pyridine rings is 2. The van der Waals surface area contributed by atoms with Crippen LogP contribution < -0.4 is 10.6 Å². The summed E-state index contributed by atoms with van der Waals surface area (Å²) in [5.74, 6) is -0.549. The SMILES string of the molecule is Cc1cc2ccnn2c(C(=O)NC(C)(C)C)c1NC(=O)c1cc(Br)nn1-c1ncccc1Cl. The number of hydrogen-bond acceptors (Lipinski definition) is 5. The summed E-state index contributed by atoms with van der Waals surface area (Å²) in [7, 11) is 0. The summed E-state index contributed by atoms with van der Waals surface area (Å²) in [6.45, 7) is 7.46. The topological polar surface area (TPSA) is 106 Å². The first-order chi connectivity index (χ1) is 15.5. The molecule has 4 aromatic rings. The normalized spacial score (nSPS) is 11.6. The van der Waals surface area contributed by atoms with Crippen molar-refractivity contribution in [3.63, 3.8) is 0 Å². The van der Waals surface area contributed by atoms with Gasteiger partial charge < -0.3 is 10.6 Å². The van der Waals surface area contributed by atoms with Crippen LogP contribution in [-0.2, 0) is 0 Å². The molecule has 4 aromatic heterocycles. The monoisotopic (exact) mass is 529 g/mol. The Balaban J connectivity index is 1.80. The Morgan fingerprint density at radius 3 is 2.58 bits per heavy atom. The molecule has 33 heavy (non-hydrogen) atoms. The maximum Gasteiger partial charge on any atom is 0.274 e. The molecule has 0 saturated carbocycles. The smallest absolute Gasteiger partial charge is 0.274 e. The molecular weight excluding hydrogens is 510 g/mol. The third-order valence-corrected chi connectivity index (χ3v) is 5.36. The molecule has 2 N–H and O–H groups in total. The van der Waals surface area contributed by atoms with Gasteiger partial charge >= 0.3 is 0 Å².